The van der Waals surface area contributed by atoms with E-state index in [-0.39, 0.29) is 11.7 Å². The van der Waals surface area contributed by atoms with Gasteiger partial charge >= 0.3 is 0 Å². The number of fused-ring (bicyclic) bond motifs is 1. The minimum Gasteiger partial charge on any atom is -0.361 e. The van der Waals surface area contributed by atoms with Crippen molar-refractivity contribution in [2.45, 2.75) is 30.6 Å². The zero-order chi connectivity index (χ0) is 11.5. The maximum absolute atomic E-state index is 6.29. The molecule has 0 aliphatic carbocycles. The third-order valence-corrected chi connectivity index (χ3v) is 4.76. The molecule has 0 aromatic heterocycles. The number of benzene rings is 1. The molecule has 0 unspecified atom stereocenters. The number of hydrogen-bond acceptors (Lipinski definition) is 2. The van der Waals surface area contributed by atoms with Crippen LogP contribution in [0.25, 0.3) is 0 Å². The van der Waals surface area contributed by atoms with Crippen LogP contribution in [-0.4, -0.2) is 24.3 Å². The van der Waals surface area contributed by atoms with Gasteiger partial charge in [0.05, 0.1) is 6.10 Å². The van der Waals surface area contributed by atoms with Crippen LogP contribution in [-0.2, 0) is 4.74 Å². The maximum Gasteiger partial charge on any atom is 0.107 e. The van der Waals surface area contributed by atoms with Gasteiger partial charge in [-0.1, -0.05) is 42.5 Å². The quantitative estimate of drug-likeness (QED) is 0.742. The van der Waals surface area contributed by atoms with Gasteiger partial charge in [0.25, 0.3) is 0 Å². The summed E-state index contributed by atoms with van der Waals surface area (Å²) in [7, 11) is 0. The lowest BCUT2D eigenvalue weighted by molar-refractivity contribution is 0.0118. The van der Waals surface area contributed by atoms with E-state index in [1.165, 1.54) is 5.56 Å². The summed E-state index contributed by atoms with van der Waals surface area (Å²) < 4.78 is 6.29. The van der Waals surface area contributed by atoms with Crippen LogP contribution in [0.15, 0.2) is 42.5 Å². The molecule has 1 spiro atoms. The first kappa shape index (κ1) is 9.86. The van der Waals surface area contributed by atoms with E-state index in [2.05, 4.69) is 54.7 Å². The van der Waals surface area contributed by atoms with Crippen molar-refractivity contribution >= 4 is 0 Å². The molecule has 88 valence electrons. The molecule has 0 saturated carbocycles. The van der Waals surface area contributed by atoms with E-state index in [9.17, 15) is 0 Å². The van der Waals surface area contributed by atoms with E-state index in [1.54, 1.807) is 0 Å². The summed E-state index contributed by atoms with van der Waals surface area (Å²) in [6.07, 6.45) is 4.84. The van der Waals surface area contributed by atoms with Crippen molar-refractivity contribution in [2.24, 2.45) is 5.92 Å². The van der Waals surface area contributed by atoms with Gasteiger partial charge in [-0.3, -0.25) is 0 Å². The zero-order valence-electron chi connectivity index (χ0n) is 9.97. The first-order chi connectivity index (χ1) is 8.31. The van der Waals surface area contributed by atoms with Crippen molar-refractivity contribution in [2.75, 3.05) is 6.54 Å². The molecule has 2 nitrogen and oxygen atoms in total. The summed E-state index contributed by atoms with van der Waals surface area (Å²) in [6, 6.07) is 11.2. The van der Waals surface area contributed by atoms with Crippen LogP contribution in [0, 0.1) is 5.92 Å². The molecule has 0 amide bonds. The zero-order valence-corrected chi connectivity index (χ0v) is 9.97. The molecule has 3 aliphatic rings. The average molecular weight is 227 g/mol. The van der Waals surface area contributed by atoms with E-state index < -0.39 is 0 Å². The Labute approximate surface area is 102 Å². The van der Waals surface area contributed by atoms with Gasteiger partial charge < -0.3 is 10.1 Å². The Morgan fingerprint density at radius 2 is 2.12 bits per heavy atom. The van der Waals surface area contributed by atoms with Gasteiger partial charge in [0.1, 0.15) is 5.60 Å². The van der Waals surface area contributed by atoms with Gasteiger partial charge in [0.15, 0.2) is 0 Å². The van der Waals surface area contributed by atoms with Crippen LogP contribution in [0.5, 0.6) is 0 Å². The second kappa shape index (κ2) is 3.21. The van der Waals surface area contributed by atoms with Crippen LogP contribution < -0.4 is 5.32 Å². The topological polar surface area (TPSA) is 21.3 Å². The van der Waals surface area contributed by atoms with Crippen LogP contribution in [0.4, 0.5) is 0 Å². The molecule has 2 fully saturated rings. The molecule has 3 heterocycles. The van der Waals surface area contributed by atoms with Crippen molar-refractivity contribution in [3.63, 3.8) is 0 Å². The second-order valence-electron chi connectivity index (χ2n) is 5.47. The minimum absolute atomic E-state index is 0.0365. The highest BCUT2D eigenvalue weighted by molar-refractivity contribution is 5.37. The van der Waals surface area contributed by atoms with Crippen molar-refractivity contribution in [3.8, 4) is 0 Å². The van der Waals surface area contributed by atoms with Crippen molar-refractivity contribution in [1.29, 1.82) is 0 Å². The summed E-state index contributed by atoms with van der Waals surface area (Å²) in [6.45, 7) is 3.31. The van der Waals surface area contributed by atoms with Gasteiger partial charge in [0.2, 0.25) is 0 Å². The number of ether oxygens (including phenoxy) is 1. The molecule has 5 atom stereocenters. The molecule has 2 bridgehead atoms. The highest BCUT2D eigenvalue weighted by Crippen LogP contribution is 2.55. The number of nitrogens with one attached hydrogen (secondary N) is 1. The first-order valence-corrected chi connectivity index (χ1v) is 6.47. The van der Waals surface area contributed by atoms with Gasteiger partial charge in [-0.15, -0.1) is 0 Å². The predicted octanol–water partition coefficient (Wildman–Crippen LogP) is 2.09. The Morgan fingerprint density at radius 1 is 1.29 bits per heavy atom. The van der Waals surface area contributed by atoms with Gasteiger partial charge in [0, 0.05) is 24.4 Å². The fourth-order valence-electron chi connectivity index (χ4n) is 3.89. The molecule has 17 heavy (non-hydrogen) atoms. The summed E-state index contributed by atoms with van der Waals surface area (Å²) in [5.41, 5.74) is 1.38. The first-order valence-electron chi connectivity index (χ1n) is 6.47. The van der Waals surface area contributed by atoms with Crippen molar-refractivity contribution in [1.82, 2.24) is 5.32 Å². The lowest BCUT2D eigenvalue weighted by atomic mass is 9.72. The molecule has 2 saturated heterocycles. The second-order valence-corrected chi connectivity index (χ2v) is 5.47. The van der Waals surface area contributed by atoms with E-state index in [0.717, 1.165) is 6.54 Å². The molecule has 4 rings (SSSR count). The number of rotatable bonds is 1. The van der Waals surface area contributed by atoms with Crippen LogP contribution in [0.1, 0.15) is 18.4 Å². The summed E-state index contributed by atoms with van der Waals surface area (Å²) in [5, 5.41) is 3.56. The molecule has 1 N–H and O–H groups in total. The standard InChI is InChI=1S/C15H17NO/c1-10-15-8-7-13(17-15)14(12(15)9-16-10)11-5-3-2-4-6-11/h2-8,10,12-14,16H,9H2,1H3/t10-,12-,13-,14-,15-/m0/s1. The Hall–Kier alpha value is -1.12. The Kier molecular flexibility index (Phi) is 1.86. The highest BCUT2D eigenvalue weighted by Gasteiger charge is 2.61. The van der Waals surface area contributed by atoms with Crippen LogP contribution in [0.3, 0.4) is 0 Å². The summed E-state index contributed by atoms with van der Waals surface area (Å²) in [5.74, 6) is 1.12. The monoisotopic (exact) mass is 227 g/mol. The predicted molar refractivity (Wildman–Crippen MR) is 66.9 cm³/mol. The Balaban J connectivity index is 1.79. The third kappa shape index (κ3) is 1.12. The Bertz CT molecular complexity index is 469. The minimum atomic E-state index is -0.0365. The SMILES string of the molecule is C[C@@H]1NC[C@H]2[C@H](c3ccccc3)[C@@H]3C=C[C@]12O3. The lowest BCUT2D eigenvalue weighted by Gasteiger charge is -2.29. The molecule has 3 aliphatic heterocycles. The van der Waals surface area contributed by atoms with Crippen LogP contribution >= 0.6 is 0 Å². The van der Waals surface area contributed by atoms with Gasteiger partial charge in [-0.2, -0.15) is 0 Å². The molecular formula is C15H17NO. The van der Waals surface area contributed by atoms with Crippen molar-refractivity contribution < 1.29 is 4.74 Å². The van der Waals surface area contributed by atoms with Crippen LogP contribution in [0.2, 0.25) is 0 Å². The van der Waals surface area contributed by atoms with Gasteiger partial charge in [-0.05, 0) is 12.5 Å². The highest BCUT2D eigenvalue weighted by atomic mass is 16.5. The fourth-order valence-corrected chi connectivity index (χ4v) is 3.89. The maximum atomic E-state index is 6.29. The van der Waals surface area contributed by atoms with E-state index in [0.29, 0.717) is 17.9 Å². The largest absolute Gasteiger partial charge is 0.361 e. The molecule has 0 radical (unpaired) electrons. The smallest absolute Gasteiger partial charge is 0.107 e. The summed E-state index contributed by atoms with van der Waals surface area (Å²) in [4.78, 5) is 0. The fraction of sp³-hybridized carbons (Fsp3) is 0.467. The van der Waals surface area contributed by atoms with E-state index >= 15 is 0 Å². The summed E-state index contributed by atoms with van der Waals surface area (Å²) >= 11 is 0. The molecular weight excluding hydrogens is 210 g/mol. The number of hydrogen-bond donors (Lipinski definition) is 1. The molecule has 2 heteroatoms. The normalized spacial score (nSPS) is 46.4. The van der Waals surface area contributed by atoms with E-state index in [4.69, 9.17) is 4.74 Å². The average Bonchev–Trinajstić information content (AvgIpc) is 3.01. The third-order valence-electron chi connectivity index (χ3n) is 4.76. The van der Waals surface area contributed by atoms with Gasteiger partial charge in [-0.25, -0.2) is 0 Å². The van der Waals surface area contributed by atoms with E-state index in [1.807, 2.05) is 0 Å². The van der Waals surface area contributed by atoms with Crippen molar-refractivity contribution in [3.05, 3.63) is 48.0 Å². The lowest BCUT2D eigenvalue weighted by Crippen LogP contribution is -2.40. The molecule has 1 aromatic rings. The molecule has 1 aromatic carbocycles. The Morgan fingerprint density at radius 3 is 2.94 bits per heavy atom.